The maximum atomic E-state index is 13.2. The van der Waals surface area contributed by atoms with Crippen LogP contribution in [0.25, 0.3) is 11.1 Å². The van der Waals surface area contributed by atoms with Gasteiger partial charge in [-0.25, -0.2) is 0 Å². The molecular formula is C28H27N5O6. The first-order chi connectivity index (χ1) is 18.6. The summed E-state index contributed by atoms with van der Waals surface area (Å²) < 4.78 is 5.53. The first-order valence-electron chi connectivity index (χ1n) is 12.4. The van der Waals surface area contributed by atoms with Gasteiger partial charge in [0.2, 0.25) is 5.91 Å². The van der Waals surface area contributed by atoms with Gasteiger partial charge >= 0.3 is 0 Å². The minimum absolute atomic E-state index is 0.0570. The number of anilines is 1. The second-order valence-corrected chi connectivity index (χ2v) is 9.45. The number of piperazine rings is 1. The van der Waals surface area contributed by atoms with E-state index in [0.29, 0.717) is 43.2 Å². The molecule has 1 fully saturated rings. The van der Waals surface area contributed by atoms with Crippen molar-refractivity contribution in [3.63, 3.8) is 0 Å². The lowest BCUT2D eigenvalue weighted by molar-refractivity contribution is -0.136. The molecule has 2 N–H and O–H groups in total. The van der Waals surface area contributed by atoms with E-state index in [-0.39, 0.29) is 42.3 Å². The third kappa shape index (κ3) is 4.86. The molecule has 0 bridgehead atoms. The molecule has 2 aromatic carbocycles. The number of benzene rings is 2. The lowest BCUT2D eigenvalue weighted by Crippen LogP contribution is -2.51. The third-order valence-corrected chi connectivity index (χ3v) is 7.02. The Labute approximate surface area is 224 Å². The van der Waals surface area contributed by atoms with Gasteiger partial charge in [0.15, 0.2) is 6.61 Å². The Bertz CT molecular complexity index is 1460. The van der Waals surface area contributed by atoms with Crippen LogP contribution in [0.5, 0.6) is 5.75 Å². The zero-order chi connectivity index (χ0) is 27.8. The number of carbonyl (C=O) groups excluding carboxylic acids is 5. The summed E-state index contributed by atoms with van der Waals surface area (Å²) in [6.07, 6.45) is 0. The van der Waals surface area contributed by atoms with Crippen molar-refractivity contribution in [1.82, 2.24) is 20.0 Å². The third-order valence-electron chi connectivity index (χ3n) is 7.02. The predicted molar refractivity (Wildman–Crippen MR) is 141 cm³/mol. The number of nitrogens with one attached hydrogen (secondary N) is 2. The molecule has 200 valence electrons. The first-order valence-corrected chi connectivity index (χ1v) is 12.4. The van der Waals surface area contributed by atoms with Crippen molar-refractivity contribution in [3.8, 4) is 16.9 Å². The lowest BCUT2D eigenvalue weighted by Gasteiger charge is -2.34. The molecule has 3 heterocycles. The van der Waals surface area contributed by atoms with Gasteiger partial charge in [-0.3, -0.25) is 28.9 Å². The molecule has 0 aromatic heterocycles. The molecule has 3 aliphatic rings. The van der Waals surface area contributed by atoms with Gasteiger partial charge in [-0.1, -0.05) is 31.4 Å². The summed E-state index contributed by atoms with van der Waals surface area (Å²) in [6.45, 7) is 10.5. The fraction of sp³-hybridized carbons (Fsp3) is 0.250. The minimum atomic E-state index is -0.712. The van der Waals surface area contributed by atoms with Crippen molar-refractivity contribution < 1.29 is 28.7 Å². The topological polar surface area (TPSA) is 128 Å². The summed E-state index contributed by atoms with van der Waals surface area (Å²) in [5.41, 5.74) is 3.04. The molecule has 5 amide bonds. The second kappa shape index (κ2) is 10.1. The highest BCUT2D eigenvalue weighted by atomic mass is 16.5. The monoisotopic (exact) mass is 529 g/mol. The SMILES string of the molecule is C=C(NC(=O)C(=C)N1Cc2c(cccc2-c2ccc3c(c2)OCC(=O)N3)C1=O)C(=O)N1CCN(C(C)=O)CC1. The van der Waals surface area contributed by atoms with Gasteiger partial charge in [-0.15, -0.1) is 0 Å². The lowest BCUT2D eigenvalue weighted by atomic mass is 9.96. The van der Waals surface area contributed by atoms with E-state index in [1.165, 1.54) is 16.7 Å². The van der Waals surface area contributed by atoms with E-state index in [4.69, 9.17) is 4.74 Å². The van der Waals surface area contributed by atoms with Gasteiger partial charge in [-0.2, -0.15) is 0 Å². The maximum Gasteiger partial charge on any atom is 0.271 e. The molecule has 0 atom stereocenters. The van der Waals surface area contributed by atoms with Crippen LogP contribution in [0.15, 0.2) is 61.0 Å². The second-order valence-electron chi connectivity index (χ2n) is 9.45. The van der Waals surface area contributed by atoms with Crippen molar-refractivity contribution in [2.24, 2.45) is 0 Å². The number of carbonyl (C=O) groups is 5. The number of hydrogen-bond acceptors (Lipinski definition) is 6. The van der Waals surface area contributed by atoms with Crippen molar-refractivity contribution in [2.75, 3.05) is 38.1 Å². The predicted octanol–water partition coefficient (Wildman–Crippen LogP) is 1.47. The Balaban J connectivity index is 1.27. The quantitative estimate of drug-likeness (QED) is 0.565. The molecule has 11 heteroatoms. The van der Waals surface area contributed by atoms with E-state index >= 15 is 0 Å². The Morgan fingerprint density at radius 1 is 0.974 bits per heavy atom. The summed E-state index contributed by atoms with van der Waals surface area (Å²) in [5, 5.41) is 5.22. The van der Waals surface area contributed by atoms with E-state index in [0.717, 1.165) is 16.7 Å². The van der Waals surface area contributed by atoms with E-state index in [9.17, 15) is 24.0 Å². The van der Waals surface area contributed by atoms with Gasteiger partial charge in [0.25, 0.3) is 23.6 Å². The average molecular weight is 530 g/mol. The summed E-state index contributed by atoms with van der Waals surface area (Å²) in [4.78, 5) is 66.5. The van der Waals surface area contributed by atoms with Gasteiger partial charge in [0.05, 0.1) is 17.9 Å². The largest absolute Gasteiger partial charge is 0.482 e. The van der Waals surface area contributed by atoms with Gasteiger partial charge < -0.3 is 25.2 Å². The van der Waals surface area contributed by atoms with E-state index in [1.54, 1.807) is 29.2 Å². The van der Waals surface area contributed by atoms with Crippen LogP contribution >= 0.6 is 0 Å². The van der Waals surface area contributed by atoms with Gasteiger partial charge in [0.1, 0.15) is 11.4 Å². The molecule has 0 spiro atoms. The Morgan fingerprint density at radius 2 is 1.67 bits per heavy atom. The molecule has 5 rings (SSSR count). The number of ether oxygens (including phenoxy) is 1. The van der Waals surface area contributed by atoms with E-state index < -0.39 is 11.8 Å². The van der Waals surface area contributed by atoms with Crippen molar-refractivity contribution in [3.05, 3.63) is 72.1 Å². The van der Waals surface area contributed by atoms with Crippen LogP contribution in [0.3, 0.4) is 0 Å². The standard InChI is InChI=1S/C28H27N5O6/c1-16(27(37)32-11-9-31(10-12-32)18(3)34)29-26(36)17(2)33-14-22-20(5-4-6-21(22)28(33)38)19-7-8-23-24(13-19)39-15-25(35)30-23/h4-8,13H,1-2,9-12,14-15H2,3H3,(H,29,36)(H,30,35). The van der Waals surface area contributed by atoms with Crippen LogP contribution in [0, 0.1) is 0 Å². The summed E-state index contributed by atoms with van der Waals surface area (Å²) in [7, 11) is 0. The molecule has 11 nitrogen and oxygen atoms in total. The minimum Gasteiger partial charge on any atom is -0.482 e. The Morgan fingerprint density at radius 3 is 2.38 bits per heavy atom. The van der Waals surface area contributed by atoms with Crippen molar-refractivity contribution in [2.45, 2.75) is 13.5 Å². The molecule has 0 unspecified atom stereocenters. The van der Waals surface area contributed by atoms with Crippen LogP contribution in [-0.4, -0.2) is 77.0 Å². The highest BCUT2D eigenvalue weighted by molar-refractivity contribution is 6.08. The van der Waals surface area contributed by atoms with Crippen LogP contribution in [0.1, 0.15) is 22.8 Å². The summed E-state index contributed by atoms with van der Waals surface area (Å²) >= 11 is 0. The molecule has 3 aliphatic heterocycles. The molecular weight excluding hydrogens is 502 g/mol. The zero-order valence-corrected chi connectivity index (χ0v) is 21.4. The van der Waals surface area contributed by atoms with Crippen molar-refractivity contribution >= 4 is 35.2 Å². The highest BCUT2D eigenvalue weighted by Crippen LogP contribution is 2.38. The highest BCUT2D eigenvalue weighted by Gasteiger charge is 2.34. The van der Waals surface area contributed by atoms with Crippen molar-refractivity contribution in [1.29, 1.82) is 0 Å². The summed E-state index contributed by atoms with van der Waals surface area (Å²) in [6, 6.07) is 10.7. The van der Waals surface area contributed by atoms with E-state index in [1.807, 2.05) is 12.1 Å². The number of fused-ring (bicyclic) bond motifs is 2. The summed E-state index contributed by atoms with van der Waals surface area (Å²) in [5.74, 6) is -1.31. The normalized spacial score (nSPS) is 16.1. The molecule has 39 heavy (non-hydrogen) atoms. The number of nitrogens with zero attached hydrogens (tertiary/aromatic N) is 3. The van der Waals surface area contributed by atoms with Crippen LogP contribution < -0.4 is 15.4 Å². The van der Waals surface area contributed by atoms with E-state index in [2.05, 4.69) is 23.8 Å². The fourth-order valence-electron chi connectivity index (χ4n) is 4.86. The molecule has 0 radical (unpaired) electrons. The number of rotatable bonds is 5. The van der Waals surface area contributed by atoms with Crippen LogP contribution in [0.2, 0.25) is 0 Å². The number of amides is 5. The molecule has 2 aromatic rings. The van der Waals surface area contributed by atoms with Gasteiger partial charge in [-0.05, 0) is 34.9 Å². The zero-order valence-electron chi connectivity index (χ0n) is 21.4. The Hall–Kier alpha value is -4.93. The van der Waals surface area contributed by atoms with Gasteiger partial charge in [0, 0.05) is 38.7 Å². The number of hydrogen-bond donors (Lipinski definition) is 2. The molecule has 0 saturated carbocycles. The maximum absolute atomic E-state index is 13.2. The van der Waals surface area contributed by atoms with Crippen LogP contribution in [-0.2, 0) is 25.7 Å². The smallest absolute Gasteiger partial charge is 0.271 e. The fourth-order valence-corrected chi connectivity index (χ4v) is 4.86. The average Bonchev–Trinajstić information content (AvgIpc) is 3.28. The van der Waals surface area contributed by atoms with Crippen LogP contribution in [0.4, 0.5) is 5.69 Å². The molecule has 1 saturated heterocycles. The molecule has 0 aliphatic carbocycles. The Kier molecular flexibility index (Phi) is 6.65. The first kappa shape index (κ1) is 25.7.